The average molecular weight is 224 g/mol. The number of nitrogens with zero attached hydrogens (tertiary/aromatic N) is 1. The molecule has 1 rings (SSSR count). The summed E-state index contributed by atoms with van der Waals surface area (Å²) in [6, 6.07) is 0. The van der Waals surface area contributed by atoms with Crippen molar-refractivity contribution >= 4 is 11.6 Å². The van der Waals surface area contributed by atoms with Crippen LogP contribution >= 0.6 is 11.6 Å². The van der Waals surface area contributed by atoms with E-state index in [2.05, 4.69) is 4.98 Å². The summed E-state index contributed by atoms with van der Waals surface area (Å²) >= 11 is 5.48. The van der Waals surface area contributed by atoms with E-state index in [1.54, 1.807) is 13.8 Å². The molecule has 0 atom stereocenters. The number of hydrogen-bond donors (Lipinski definition) is 0. The summed E-state index contributed by atoms with van der Waals surface area (Å²) in [4.78, 5) is 3.65. The quantitative estimate of drug-likeness (QED) is 0.704. The van der Waals surface area contributed by atoms with Gasteiger partial charge in [0.15, 0.2) is 0 Å². The Morgan fingerprint density at radius 2 is 1.86 bits per heavy atom. The molecular weight excluding hydrogens is 215 g/mol. The predicted octanol–water partition coefficient (Wildman–Crippen LogP) is 3.88. The van der Waals surface area contributed by atoms with Crippen LogP contribution in [0.25, 0.3) is 0 Å². The molecule has 0 unspecified atom stereocenters. The standard InChI is InChI=1S/C9H9ClF3N/c1-5(2)6-3-14-4-7(10)8(6)9(11,12)13/h3-5H,1-2H3. The van der Waals surface area contributed by atoms with E-state index in [-0.39, 0.29) is 16.5 Å². The minimum atomic E-state index is -4.42. The second-order valence-electron chi connectivity index (χ2n) is 3.24. The van der Waals surface area contributed by atoms with Crippen molar-refractivity contribution in [2.45, 2.75) is 25.9 Å². The Hall–Kier alpha value is -0.770. The molecule has 14 heavy (non-hydrogen) atoms. The molecule has 0 spiro atoms. The van der Waals surface area contributed by atoms with Crippen LogP contribution < -0.4 is 0 Å². The van der Waals surface area contributed by atoms with Crippen LogP contribution in [-0.2, 0) is 6.18 Å². The highest BCUT2D eigenvalue weighted by Gasteiger charge is 2.36. The van der Waals surface area contributed by atoms with Crippen molar-refractivity contribution < 1.29 is 13.2 Å². The Balaban J connectivity index is 3.38. The van der Waals surface area contributed by atoms with E-state index in [9.17, 15) is 13.2 Å². The monoisotopic (exact) mass is 223 g/mol. The highest BCUT2D eigenvalue weighted by atomic mass is 35.5. The van der Waals surface area contributed by atoms with Crippen molar-refractivity contribution in [3.63, 3.8) is 0 Å². The van der Waals surface area contributed by atoms with Gasteiger partial charge in [0.05, 0.1) is 10.6 Å². The summed E-state index contributed by atoms with van der Waals surface area (Å²) in [6.07, 6.45) is -2.20. The maximum absolute atomic E-state index is 12.6. The first kappa shape index (κ1) is 11.3. The van der Waals surface area contributed by atoms with Crippen LogP contribution in [0.2, 0.25) is 5.02 Å². The molecule has 5 heteroatoms. The van der Waals surface area contributed by atoms with Gasteiger partial charge in [-0.3, -0.25) is 4.98 Å². The van der Waals surface area contributed by atoms with Crippen molar-refractivity contribution in [1.82, 2.24) is 4.98 Å². The lowest BCUT2D eigenvalue weighted by Crippen LogP contribution is -2.11. The summed E-state index contributed by atoms with van der Waals surface area (Å²) in [6.45, 7) is 3.34. The molecule has 0 amide bonds. The Kier molecular flexibility index (Phi) is 3.04. The normalized spacial score (nSPS) is 12.2. The second-order valence-corrected chi connectivity index (χ2v) is 3.65. The SMILES string of the molecule is CC(C)c1cncc(Cl)c1C(F)(F)F. The Bertz CT molecular complexity index is 333. The molecule has 0 aliphatic heterocycles. The zero-order valence-electron chi connectivity index (χ0n) is 7.69. The number of halogens is 4. The lowest BCUT2D eigenvalue weighted by molar-refractivity contribution is -0.138. The van der Waals surface area contributed by atoms with Crippen molar-refractivity contribution in [1.29, 1.82) is 0 Å². The summed E-state index contributed by atoms with van der Waals surface area (Å²) in [5.74, 6) is -0.252. The van der Waals surface area contributed by atoms with Crippen LogP contribution in [0.4, 0.5) is 13.2 Å². The first-order valence-electron chi connectivity index (χ1n) is 4.04. The molecule has 1 nitrogen and oxygen atoms in total. The zero-order valence-corrected chi connectivity index (χ0v) is 8.45. The van der Waals surface area contributed by atoms with Gasteiger partial charge in [-0.1, -0.05) is 25.4 Å². The van der Waals surface area contributed by atoms with E-state index in [0.29, 0.717) is 0 Å². The number of pyridine rings is 1. The van der Waals surface area contributed by atoms with E-state index in [0.717, 1.165) is 6.20 Å². The fraction of sp³-hybridized carbons (Fsp3) is 0.444. The number of aromatic nitrogens is 1. The molecule has 0 bridgehead atoms. The summed E-state index contributed by atoms with van der Waals surface area (Å²) in [7, 11) is 0. The van der Waals surface area contributed by atoms with Gasteiger partial charge in [-0.25, -0.2) is 0 Å². The van der Waals surface area contributed by atoms with Crippen molar-refractivity contribution in [3.05, 3.63) is 28.5 Å². The summed E-state index contributed by atoms with van der Waals surface area (Å²) in [5.41, 5.74) is -0.644. The number of hydrogen-bond acceptors (Lipinski definition) is 1. The minimum absolute atomic E-state index is 0.130. The molecule has 0 saturated heterocycles. The van der Waals surface area contributed by atoms with Gasteiger partial charge in [-0.2, -0.15) is 13.2 Å². The summed E-state index contributed by atoms with van der Waals surface area (Å²) < 4.78 is 37.7. The van der Waals surface area contributed by atoms with Gasteiger partial charge >= 0.3 is 6.18 Å². The third kappa shape index (κ3) is 2.18. The van der Waals surface area contributed by atoms with E-state index >= 15 is 0 Å². The Morgan fingerprint density at radius 3 is 2.21 bits per heavy atom. The van der Waals surface area contributed by atoms with Gasteiger partial charge in [0.1, 0.15) is 0 Å². The molecule has 0 saturated carbocycles. The van der Waals surface area contributed by atoms with Gasteiger partial charge in [0, 0.05) is 12.4 Å². The molecule has 1 heterocycles. The lowest BCUT2D eigenvalue weighted by atomic mass is 9.99. The Labute approximate surface area is 84.9 Å². The largest absolute Gasteiger partial charge is 0.418 e. The van der Waals surface area contributed by atoms with Gasteiger partial charge in [-0.05, 0) is 11.5 Å². The average Bonchev–Trinajstić information content (AvgIpc) is 2.01. The van der Waals surface area contributed by atoms with Crippen molar-refractivity contribution in [3.8, 4) is 0 Å². The van der Waals surface area contributed by atoms with E-state index < -0.39 is 11.7 Å². The molecule has 0 aliphatic carbocycles. The van der Waals surface area contributed by atoms with Crippen molar-refractivity contribution in [2.24, 2.45) is 0 Å². The van der Waals surface area contributed by atoms with Gasteiger partial charge in [0.2, 0.25) is 0 Å². The fourth-order valence-corrected chi connectivity index (χ4v) is 1.46. The molecule has 1 aromatic rings. The molecule has 0 aliphatic rings. The molecule has 1 aromatic heterocycles. The topological polar surface area (TPSA) is 12.9 Å². The number of alkyl halides is 3. The smallest absolute Gasteiger partial charge is 0.263 e. The zero-order chi connectivity index (χ0) is 10.9. The molecule has 78 valence electrons. The lowest BCUT2D eigenvalue weighted by Gasteiger charge is -2.15. The van der Waals surface area contributed by atoms with Gasteiger partial charge in [-0.15, -0.1) is 0 Å². The maximum atomic E-state index is 12.6. The predicted molar refractivity (Wildman–Crippen MR) is 48.3 cm³/mol. The first-order chi connectivity index (χ1) is 6.34. The molecular formula is C9H9ClF3N. The molecule has 0 aromatic carbocycles. The fourth-order valence-electron chi connectivity index (χ4n) is 1.19. The molecule has 0 fully saturated rings. The van der Waals surface area contributed by atoms with Crippen LogP contribution in [0.3, 0.4) is 0 Å². The van der Waals surface area contributed by atoms with E-state index in [1.807, 2.05) is 0 Å². The highest BCUT2D eigenvalue weighted by molar-refractivity contribution is 6.31. The Morgan fingerprint density at radius 1 is 1.29 bits per heavy atom. The van der Waals surface area contributed by atoms with Crippen LogP contribution in [-0.4, -0.2) is 4.98 Å². The van der Waals surface area contributed by atoms with Crippen LogP contribution in [0.5, 0.6) is 0 Å². The van der Waals surface area contributed by atoms with E-state index in [4.69, 9.17) is 11.6 Å². The van der Waals surface area contributed by atoms with E-state index in [1.165, 1.54) is 6.20 Å². The minimum Gasteiger partial charge on any atom is -0.263 e. The molecule has 0 radical (unpaired) electrons. The maximum Gasteiger partial charge on any atom is 0.418 e. The number of rotatable bonds is 1. The first-order valence-corrected chi connectivity index (χ1v) is 4.42. The third-order valence-corrected chi connectivity index (χ3v) is 2.12. The van der Waals surface area contributed by atoms with Crippen molar-refractivity contribution in [2.75, 3.05) is 0 Å². The van der Waals surface area contributed by atoms with Gasteiger partial charge < -0.3 is 0 Å². The molecule has 0 N–H and O–H groups in total. The second kappa shape index (κ2) is 3.77. The van der Waals surface area contributed by atoms with Crippen LogP contribution in [0.15, 0.2) is 12.4 Å². The highest BCUT2D eigenvalue weighted by Crippen LogP contribution is 2.38. The van der Waals surface area contributed by atoms with Gasteiger partial charge in [0.25, 0.3) is 0 Å². The van der Waals surface area contributed by atoms with Crippen LogP contribution in [0.1, 0.15) is 30.9 Å². The summed E-state index contributed by atoms with van der Waals surface area (Å²) in [5, 5.41) is -0.344. The van der Waals surface area contributed by atoms with Crippen LogP contribution in [0, 0.1) is 0 Å². The third-order valence-electron chi connectivity index (χ3n) is 1.83.